The highest BCUT2D eigenvalue weighted by atomic mass is 16.1. The third kappa shape index (κ3) is 3.27. The first-order valence-corrected chi connectivity index (χ1v) is 5.42. The van der Waals surface area contributed by atoms with Crippen molar-refractivity contribution in [2.24, 2.45) is 11.7 Å². The number of nitrogens with two attached hydrogens (primary N) is 1. The Morgan fingerprint density at radius 2 is 2.14 bits per heavy atom. The number of carbonyl (C=O) groups excluding carboxylic acids is 1. The first kappa shape index (κ1) is 11.5. The van der Waals surface area contributed by atoms with Crippen LogP contribution < -0.4 is 11.1 Å². The summed E-state index contributed by atoms with van der Waals surface area (Å²) in [6.07, 6.45) is 3.04. The van der Waals surface area contributed by atoms with E-state index in [0.717, 1.165) is 45.4 Å². The van der Waals surface area contributed by atoms with Crippen LogP contribution in [0.2, 0.25) is 0 Å². The first-order valence-electron chi connectivity index (χ1n) is 5.42. The topological polar surface area (TPSA) is 58.4 Å². The van der Waals surface area contributed by atoms with Gasteiger partial charge in [0.05, 0.1) is 0 Å². The summed E-state index contributed by atoms with van der Waals surface area (Å²) in [6, 6.07) is 0. The average Bonchev–Trinajstić information content (AvgIpc) is 2.26. The molecule has 0 unspecified atom stereocenters. The molecule has 1 aliphatic rings. The van der Waals surface area contributed by atoms with Gasteiger partial charge in [0.15, 0.2) is 0 Å². The number of carbonyl (C=O) groups is 1. The van der Waals surface area contributed by atoms with Gasteiger partial charge in [-0.2, -0.15) is 0 Å². The lowest BCUT2D eigenvalue weighted by atomic mass is 9.96. The van der Waals surface area contributed by atoms with E-state index < -0.39 is 0 Å². The number of likely N-dealkylation sites (tertiary alicyclic amines) is 1. The summed E-state index contributed by atoms with van der Waals surface area (Å²) in [5, 5.41) is 2.72. The molecule has 0 bridgehead atoms. The maximum atomic E-state index is 11.3. The lowest BCUT2D eigenvalue weighted by molar-refractivity contribution is -0.125. The zero-order valence-corrected chi connectivity index (χ0v) is 8.96. The summed E-state index contributed by atoms with van der Waals surface area (Å²) in [4.78, 5) is 13.7. The van der Waals surface area contributed by atoms with E-state index in [4.69, 9.17) is 5.73 Å². The molecule has 0 aliphatic carbocycles. The van der Waals surface area contributed by atoms with Crippen LogP contribution in [-0.4, -0.2) is 44.0 Å². The molecule has 4 nitrogen and oxygen atoms in total. The molecule has 1 saturated heterocycles. The second-order valence-electron chi connectivity index (χ2n) is 3.87. The highest BCUT2D eigenvalue weighted by molar-refractivity contribution is 5.78. The Morgan fingerprint density at radius 3 is 2.64 bits per heavy atom. The molecule has 1 amide bonds. The number of nitrogens with zero attached hydrogens (tertiary/aromatic N) is 1. The van der Waals surface area contributed by atoms with Gasteiger partial charge in [0, 0.05) is 13.0 Å². The van der Waals surface area contributed by atoms with Crippen LogP contribution in [0.15, 0.2) is 0 Å². The molecule has 0 atom stereocenters. The second kappa shape index (κ2) is 5.98. The van der Waals surface area contributed by atoms with Crippen LogP contribution in [0.3, 0.4) is 0 Å². The number of hydrogen-bond acceptors (Lipinski definition) is 3. The Labute approximate surface area is 85.8 Å². The number of rotatable bonds is 4. The fourth-order valence-corrected chi connectivity index (χ4v) is 1.94. The van der Waals surface area contributed by atoms with Gasteiger partial charge in [-0.3, -0.25) is 4.79 Å². The van der Waals surface area contributed by atoms with Crippen molar-refractivity contribution in [1.29, 1.82) is 0 Å². The summed E-state index contributed by atoms with van der Waals surface area (Å²) < 4.78 is 0. The number of piperidine rings is 1. The zero-order chi connectivity index (χ0) is 10.4. The predicted molar refractivity (Wildman–Crippen MR) is 56.9 cm³/mol. The first-order chi connectivity index (χ1) is 6.77. The van der Waals surface area contributed by atoms with Crippen molar-refractivity contribution in [3.8, 4) is 0 Å². The van der Waals surface area contributed by atoms with Gasteiger partial charge in [0.25, 0.3) is 0 Å². The highest BCUT2D eigenvalue weighted by Gasteiger charge is 2.23. The Kier molecular flexibility index (Phi) is 4.90. The molecular formula is C10H21N3O. The molecule has 1 fully saturated rings. The summed E-state index contributed by atoms with van der Waals surface area (Å²) in [5.74, 6) is 0.428. The molecule has 1 rings (SSSR count). The largest absolute Gasteiger partial charge is 0.359 e. The van der Waals surface area contributed by atoms with Crippen LogP contribution in [-0.2, 0) is 4.79 Å². The van der Waals surface area contributed by atoms with E-state index >= 15 is 0 Å². The summed E-state index contributed by atoms with van der Waals surface area (Å²) in [7, 11) is 1.71. The van der Waals surface area contributed by atoms with Gasteiger partial charge in [-0.05, 0) is 45.4 Å². The van der Waals surface area contributed by atoms with Gasteiger partial charge in [-0.15, -0.1) is 0 Å². The van der Waals surface area contributed by atoms with E-state index in [2.05, 4.69) is 10.2 Å². The Balaban J connectivity index is 2.20. The maximum Gasteiger partial charge on any atom is 0.222 e. The molecule has 0 radical (unpaired) electrons. The molecule has 14 heavy (non-hydrogen) atoms. The summed E-state index contributed by atoms with van der Waals surface area (Å²) >= 11 is 0. The van der Waals surface area contributed by atoms with Crippen LogP contribution in [0.25, 0.3) is 0 Å². The molecule has 0 aromatic rings. The minimum Gasteiger partial charge on any atom is -0.359 e. The third-order valence-corrected chi connectivity index (χ3v) is 2.88. The maximum absolute atomic E-state index is 11.3. The van der Waals surface area contributed by atoms with Crippen molar-refractivity contribution in [3.05, 3.63) is 0 Å². The van der Waals surface area contributed by atoms with Crippen LogP contribution in [0.1, 0.15) is 19.3 Å². The van der Waals surface area contributed by atoms with Crippen molar-refractivity contribution in [2.75, 3.05) is 33.2 Å². The fourth-order valence-electron chi connectivity index (χ4n) is 1.94. The van der Waals surface area contributed by atoms with Crippen LogP contribution in [0, 0.1) is 5.92 Å². The van der Waals surface area contributed by atoms with Gasteiger partial charge >= 0.3 is 0 Å². The zero-order valence-electron chi connectivity index (χ0n) is 8.96. The predicted octanol–water partition coefficient (Wildman–Crippen LogP) is -0.207. The minimum absolute atomic E-state index is 0.198. The minimum atomic E-state index is 0.198. The van der Waals surface area contributed by atoms with E-state index in [-0.39, 0.29) is 11.8 Å². The van der Waals surface area contributed by atoms with Gasteiger partial charge in [0.1, 0.15) is 0 Å². The van der Waals surface area contributed by atoms with E-state index in [1.807, 2.05) is 0 Å². The molecule has 1 heterocycles. The van der Waals surface area contributed by atoms with Crippen molar-refractivity contribution in [3.63, 3.8) is 0 Å². The van der Waals surface area contributed by atoms with E-state index in [1.54, 1.807) is 7.05 Å². The van der Waals surface area contributed by atoms with Crippen molar-refractivity contribution >= 4 is 5.91 Å². The molecule has 3 N–H and O–H groups in total. The second-order valence-corrected chi connectivity index (χ2v) is 3.87. The van der Waals surface area contributed by atoms with E-state index in [1.165, 1.54) is 0 Å². The van der Waals surface area contributed by atoms with Gasteiger partial charge in [0.2, 0.25) is 5.91 Å². The van der Waals surface area contributed by atoms with Crippen molar-refractivity contribution < 1.29 is 4.79 Å². The molecule has 0 aromatic carbocycles. The fraction of sp³-hybridized carbons (Fsp3) is 0.900. The molecule has 4 heteroatoms. The monoisotopic (exact) mass is 199 g/mol. The highest BCUT2D eigenvalue weighted by Crippen LogP contribution is 2.16. The number of hydrogen-bond donors (Lipinski definition) is 2. The van der Waals surface area contributed by atoms with E-state index in [9.17, 15) is 4.79 Å². The van der Waals surface area contributed by atoms with Crippen LogP contribution >= 0.6 is 0 Å². The van der Waals surface area contributed by atoms with Gasteiger partial charge in [-0.25, -0.2) is 0 Å². The summed E-state index contributed by atoms with van der Waals surface area (Å²) in [5.41, 5.74) is 5.45. The third-order valence-electron chi connectivity index (χ3n) is 2.88. The molecule has 82 valence electrons. The standard InChI is InChI=1S/C10H21N3O/c1-12-10(14)9-3-7-13(8-4-9)6-2-5-11/h9H,2-8,11H2,1H3,(H,12,14). The lowest BCUT2D eigenvalue weighted by Gasteiger charge is -2.30. The summed E-state index contributed by atoms with van der Waals surface area (Å²) in [6.45, 7) is 3.92. The van der Waals surface area contributed by atoms with Crippen molar-refractivity contribution in [1.82, 2.24) is 10.2 Å². The number of nitrogens with one attached hydrogen (secondary N) is 1. The van der Waals surface area contributed by atoms with Gasteiger partial charge in [-0.1, -0.05) is 0 Å². The molecule has 0 spiro atoms. The quantitative estimate of drug-likeness (QED) is 0.659. The van der Waals surface area contributed by atoms with Crippen LogP contribution in [0.4, 0.5) is 0 Å². The normalized spacial score (nSPS) is 19.6. The smallest absolute Gasteiger partial charge is 0.222 e. The molecular weight excluding hydrogens is 178 g/mol. The lowest BCUT2D eigenvalue weighted by Crippen LogP contribution is -2.40. The SMILES string of the molecule is CNC(=O)C1CCN(CCCN)CC1. The molecule has 1 aliphatic heterocycles. The average molecular weight is 199 g/mol. The number of amides is 1. The van der Waals surface area contributed by atoms with Crippen LogP contribution in [0.5, 0.6) is 0 Å². The Morgan fingerprint density at radius 1 is 1.50 bits per heavy atom. The van der Waals surface area contributed by atoms with Gasteiger partial charge < -0.3 is 16.0 Å². The molecule has 0 aromatic heterocycles. The molecule has 0 saturated carbocycles. The Hall–Kier alpha value is -0.610. The van der Waals surface area contributed by atoms with E-state index in [0.29, 0.717) is 0 Å². The Bertz CT molecular complexity index is 176. The van der Waals surface area contributed by atoms with Crippen molar-refractivity contribution in [2.45, 2.75) is 19.3 Å².